The molecule has 9 nitrogen and oxygen atoms in total. The summed E-state index contributed by atoms with van der Waals surface area (Å²) < 4.78 is 47.3. The topological polar surface area (TPSA) is 114 Å². The van der Waals surface area contributed by atoms with Gasteiger partial charge in [0.25, 0.3) is 5.91 Å². The van der Waals surface area contributed by atoms with Crippen LogP contribution in [0.5, 0.6) is 5.75 Å². The predicted octanol–water partition coefficient (Wildman–Crippen LogP) is 5.03. The molecule has 2 heterocycles. The molecule has 2 aliphatic carbocycles. The number of carbonyl (C=O) groups is 1. The number of nitrogens with one attached hydrogen (secondary N) is 1. The van der Waals surface area contributed by atoms with Gasteiger partial charge in [0.1, 0.15) is 11.0 Å². The summed E-state index contributed by atoms with van der Waals surface area (Å²) in [4.78, 5) is 15.9. The molecule has 46 heavy (non-hydrogen) atoms. The molecule has 0 aromatic heterocycles. The lowest BCUT2D eigenvalue weighted by atomic mass is 9.68. The largest absolute Gasteiger partial charge is 0.490 e. The maximum Gasteiger partial charge on any atom is 0.264 e. The van der Waals surface area contributed by atoms with Crippen molar-refractivity contribution in [2.75, 3.05) is 44.9 Å². The Morgan fingerprint density at radius 3 is 2.78 bits per heavy atom. The van der Waals surface area contributed by atoms with Gasteiger partial charge >= 0.3 is 0 Å². The van der Waals surface area contributed by atoms with E-state index < -0.39 is 33.4 Å². The standard InChI is InChI=1S/C35H45ClN2O7S/c1-3-33-32(44-17-16-43-2)8-4-7-30(39)27-12-9-25(27)20-38-21-35(15-5-6-23-18-26(36)11-13-28(23)35)22-45-31-14-10-24(19-29(31)38)34(40)37-46(33,41)42/h4,7,10-11,13-14,18-19,25,27,30,32-33,39H,3,5-6,8-9,12,15-17,20-22H2,1-2H3,(H,37,40)/b7-4-/t25-,27+,30-,32-,33+,35-/m0/s1. The van der Waals surface area contributed by atoms with Gasteiger partial charge in [-0.05, 0) is 98.2 Å². The van der Waals surface area contributed by atoms with E-state index in [1.807, 2.05) is 12.1 Å². The average Bonchev–Trinajstić information content (AvgIpc) is 3.15. The van der Waals surface area contributed by atoms with Crippen molar-refractivity contribution >= 4 is 33.2 Å². The zero-order chi connectivity index (χ0) is 32.5. The van der Waals surface area contributed by atoms with E-state index in [0.29, 0.717) is 32.1 Å². The van der Waals surface area contributed by atoms with Crippen molar-refractivity contribution in [1.29, 1.82) is 0 Å². The van der Waals surface area contributed by atoms with Gasteiger partial charge in [0.05, 0.1) is 37.7 Å². The smallest absolute Gasteiger partial charge is 0.264 e. The zero-order valence-electron chi connectivity index (χ0n) is 26.6. The fourth-order valence-electron chi connectivity index (χ4n) is 7.86. The number of nitrogens with zero attached hydrogens (tertiary/aromatic N) is 1. The van der Waals surface area contributed by atoms with Crippen molar-refractivity contribution in [3.63, 3.8) is 0 Å². The highest BCUT2D eigenvalue weighted by Crippen LogP contribution is 2.46. The molecule has 4 aliphatic rings. The first kappa shape index (κ1) is 33.3. The number of aryl methyl sites for hydroxylation is 1. The summed E-state index contributed by atoms with van der Waals surface area (Å²) in [6.45, 7) is 4.12. The number of fused-ring (bicyclic) bond motifs is 4. The third-order valence-corrected chi connectivity index (χ3v) is 12.6. The second-order valence-corrected chi connectivity index (χ2v) is 15.6. The van der Waals surface area contributed by atoms with Crippen LogP contribution in [0.2, 0.25) is 5.02 Å². The van der Waals surface area contributed by atoms with E-state index in [1.54, 1.807) is 38.3 Å². The summed E-state index contributed by atoms with van der Waals surface area (Å²) in [7, 11) is -2.57. The van der Waals surface area contributed by atoms with Gasteiger partial charge in [-0.3, -0.25) is 4.79 Å². The molecule has 2 aromatic carbocycles. The summed E-state index contributed by atoms with van der Waals surface area (Å²) in [6, 6.07) is 11.3. The third kappa shape index (κ3) is 6.69. The Morgan fingerprint density at radius 1 is 1.17 bits per heavy atom. The molecule has 2 N–H and O–H groups in total. The first-order valence-electron chi connectivity index (χ1n) is 16.5. The predicted molar refractivity (Wildman–Crippen MR) is 178 cm³/mol. The van der Waals surface area contributed by atoms with Crippen LogP contribution in [-0.4, -0.2) is 76.9 Å². The number of anilines is 1. The molecule has 6 atom stereocenters. The molecule has 0 saturated heterocycles. The maximum atomic E-state index is 13.7. The van der Waals surface area contributed by atoms with E-state index in [-0.39, 0.29) is 42.3 Å². The van der Waals surface area contributed by atoms with Crippen molar-refractivity contribution in [3.05, 3.63) is 70.3 Å². The van der Waals surface area contributed by atoms with E-state index in [4.69, 9.17) is 25.8 Å². The molecule has 2 aliphatic heterocycles. The Morgan fingerprint density at radius 2 is 2.02 bits per heavy atom. The number of sulfonamides is 1. The highest BCUT2D eigenvalue weighted by atomic mass is 35.5. The Bertz CT molecular complexity index is 1570. The van der Waals surface area contributed by atoms with Crippen LogP contribution in [0.4, 0.5) is 5.69 Å². The lowest BCUT2D eigenvalue weighted by Gasteiger charge is -2.45. The summed E-state index contributed by atoms with van der Waals surface area (Å²) in [5, 5.41) is 11.0. The number of benzene rings is 2. The minimum Gasteiger partial charge on any atom is -0.490 e. The van der Waals surface area contributed by atoms with Crippen molar-refractivity contribution in [2.45, 2.75) is 74.7 Å². The van der Waals surface area contributed by atoms with Crippen LogP contribution in [-0.2, 0) is 31.3 Å². The molecular weight excluding hydrogens is 628 g/mol. The van der Waals surface area contributed by atoms with Gasteiger partial charge in [-0.2, -0.15) is 0 Å². The summed E-state index contributed by atoms with van der Waals surface area (Å²) in [5.74, 6) is 0.273. The van der Waals surface area contributed by atoms with Crippen LogP contribution >= 0.6 is 11.6 Å². The second-order valence-electron chi connectivity index (χ2n) is 13.3. The lowest BCUT2D eigenvalue weighted by molar-refractivity contribution is 0.0156. The summed E-state index contributed by atoms with van der Waals surface area (Å²) in [6.07, 6.45) is 7.55. The highest BCUT2D eigenvalue weighted by molar-refractivity contribution is 7.90. The molecule has 11 heteroatoms. The Kier molecular flexibility index (Phi) is 10.0. The van der Waals surface area contributed by atoms with Crippen molar-refractivity contribution in [2.24, 2.45) is 11.8 Å². The van der Waals surface area contributed by atoms with E-state index in [2.05, 4.69) is 21.8 Å². The molecule has 2 bridgehead atoms. The summed E-state index contributed by atoms with van der Waals surface area (Å²) >= 11 is 6.40. The molecular formula is C35H45ClN2O7S. The zero-order valence-corrected chi connectivity index (χ0v) is 28.2. The molecule has 2 aromatic rings. The molecule has 1 fully saturated rings. The SMILES string of the molecule is CC[C@@H]1[C@@H](OCCOC)C/C=C\[C@H](O)[C@@H]2CC[C@H]2CN2C[C@@]3(CCCc4cc(Cl)ccc43)COc3ccc(cc32)C(=O)NS1(=O)=O. The van der Waals surface area contributed by atoms with Crippen LogP contribution in [0, 0.1) is 11.8 Å². The van der Waals surface area contributed by atoms with Crippen molar-refractivity contribution in [3.8, 4) is 5.75 Å². The lowest BCUT2D eigenvalue weighted by Crippen LogP contribution is -2.49. The third-order valence-electron chi connectivity index (χ3n) is 10.4. The summed E-state index contributed by atoms with van der Waals surface area (Å²) in [5.41, 5.74) is 3.21. The molecule has 6 rings (SSSR count). The first-order valence-corrected chi connectivity index (χ1v) is 18.4. The quantitative estimate of drug-likeness (QED) is 0.336. The molecule has 250 valence electrons. The maximum absolute atomic E-state index is 13.7. The normalized spacial score (nSPS) is 31.4. The molecule has 0 radical (unpaired) electrons. The van der Waals surface area contributed by atoms with Crippen molar-refractivity contribution in [1.82, 2.24) is 4.72 Å². The van der Waals surface area contributed by atoms with Gasteiger partial charge in [-0.1, -0.05) is 36.7 Å². The minimum atomic E-state index is -4.13. The number of carbonyl (C=O) groups excluding carboxylic acids is 1. The van der Waals surface area contributed by atoms with Gasteiger partial charge in [0.15, 0.2) is 0 Å². The van der Waals surface area contributed by atoms with Crippen LogP contribution in [0.1, 0.15) is 66.9 Å². The minimum absolute atomic E-state index is 0.0650. The van der Waals surface area contributed by atoms with Gasteiger partial charge < -0.3 is 24.2 Å². The molecule has 0 unspecified atom stereocenters. The Balaban J connectivity index is 1.39. The first-order chi connectivity index (χ1) is 22.1. The number of hydrogen-bond acceptors (Lipinski definition) is 8. The van der Waals surface area contributed by atoms with Gasteiger partial charge in [-0.25, -0.2) is 13.1 Å². The van der Waals surface area contributed by atoms with E-state index in [0.717, 1.165) is 42.8 Å². The van der Waals surface area contributed by atoms with Crippen LogP contribution < -0.4 is 14.4 Å². The average molecular weight is 673 g/mol. The van der Waals surface area contributed by atoms with Crippen molar-refractivity contribution < 1.29 is 32.5 Å². The second kappa shape index (κ2) is 13.8. The van der Waals surface area contributed by atoms with Gasteiger partial charge in [-0.15, -0.1) is 0 Å². The number of methoxy groups -OCH3 is 1. The Labute approximate surface area is 277 Å². The molecule has 1 amide bonds. The van der Waals surface area contributed by atoms with E-state index in [9.17, 15) is 18.3 Å². The Hall–Kier alpha value is -2.63. The van der Waals surface area contributed by atoms with E-state index in [1.165, 1.54) is 11.1 Å². The number of halogens is 1. The highest BCUT2D eigenvalue weighted by Gasteiger charge is 2.44. The van der Waals surface area contributed by atoms with Crippen LogP contribution in [0.25, 0.3) is 0 Å². The number of hydrogen-bond donors (Lipinski definition) is 2. The monoisotopic (exact) mass is 672 g/mol. The van der Waals surface area contributed by atoms with Gasteiger partial charge in [0.2, 0.25) is 10.0 Å². The number of aliphatic hydroxyl groups excluding tert-OH is 1. The number of amides is 1. The number of rotatable bonds is 5. The van der Waals surface area contributed by atoms with Crippen LogP contribution in [0.15, 0.2) is 48.6 Å². The number of aliphatic hydroxyl groups is 1. The molecule has 1 spiro atoms. The fraction of sp³-hybridized carbons (Fsp3) is 0.571. The fourth-order valence-corrected chi connectivity index (χ4v) is 9.61. The van der Waals surface area contributed by atoms with E-state index >= 15 is 0 Å². The molecule has 1 saturated carbocycles. The number of ether oxygens (including phenoxy) is 3. The van der Waals surface area contributed by atoms with Gasteiger partial charge in [0, 0.05) is 36.2 Å². The van der Waals surface area contributed by atoms with Crippen LogP contribution in [0.3, 0.4) is 0 Å².